The van der Waals surface area contributed by atoms with Crippen LogP contribution in [-0.4, -0.2) is 41.0 Å². The summed E-state index contributed by atoms with van der Waals surface area (Å²) < 4.78 is 8.32. The van der Waals surface area contributed by atoms with Crippen molar-refractivity contribution in [1.82, 2.24) is 9.47 Å². The third-order valence-electron chi connectivity index (χ3n) is 5.96. The van der Waals surface area contributed by atoms with E-state index in [1.54, 1.807) is 6.92 Å². The molecule has 30 heavy (non-hydrogen) atoms. The van der Waals surface area contributed by atoms with Crippen LogP contribution in [0.2, 0.25) is 5.02 Å². The van der Waals surface area contributed by atoms with E-state index in [4.69, 9.17) is 16.3 Å². The number of piperidine rings is 1. The van der Waals surface area contributed by atoms with Crippen LogP contribution >= 0.6 is 11.6 Å². The summed E-state index contributed by atoms with van der Waals surface area (Å²) in [6.45, 7) is 5.83. The topological polar surface area (TPSA) is 34.5 Å². The number of benzene rings is 2. The van der Waals surface area contributed by atoms with Crippen molar-refractivity contribution in [3.8, 4) is 5.75 Å². The summed E-state index contributed by atoms with van der Waals surface area (Å²) in [5.74, 6) is 0.924. The minimum atomic E-state index is 0.131. The van der Waals surface area contributed by atoms with Crippen LogP contribution < -0.4 is 4.74 Å². The van der Waals surface area contributed by atoms with Crippen molar-refractivity contribution in [3.05, 3.63) is 65.3 Å². The highest BCUT2D eigenvalue weighted by molar-refractivity contribution is 6.32. The largest absolute Gasteiger partial charge is 0.489 e. The Labute approximate surface area is 183 Å². The zero-order valence-electron chi connectivity index (χ0n) is 17.5. The van der Waals surface area contributed by atoms with Gasteiger partial charge in [-0.05, 0) is 57.4 Å². The molecule has 0 aliphatic carbocycles. The molecule has 2 aromatic carbocycles. The molecule has 1 aromatic heterocycles. The van der Waals surface area contributed by atoms with Gasteiger partial charge in [0, 0.05) is 42.3 Å². The number of hydrogen-bond acceptors (Lipinski definition) is 3. The lowest BCUT2D eigenvalue weighted by Crippen LogP contribution is -2.38. The normalized spacial score (nSPS) is 15.5. The second kappa shape index (κ2) is 9.67. The number of nitrogens with zero attached hydrogens (tertiary/aromatic N) is 2. The fourth-order valence-electron chi connectivity index (χ4n) is 4.30. The van der Waals surface area contributed by atoms with Crippen molar-refractivity contribution in [2.75, 3.05) is 19.6 Å². The molecule has 1 aliphatic rings. The quantitative estimate of drug-likeness (QED) is 0.337. The predicted octanol–water partition coefficient (Wildman–Crippen LogP) is 5.82. The van der Waals surface area contributed by atoms with Crippen LogP contribution in [-0.2, 0) is 6.54 Å². The van der Waals surface area contributed by atoms with Gasteiger partial charge >= 0.3 is 0 Å². The molecule has 1 saturated heterocycles. The van der Waals surface area contributed by atoms with E-state index < -0.39 is 0 Å². The van der Waals surface area contributed by atoms with E-state index in [2.05, 4.69) is 15.5 Å². The number of para-hydroxylation sites is 2. The molecule has 0 radical (unpaired) electrons. The zero-order chi connectivity index (χ0) is 20.9. The minimum Gasteiger partial charge on any atom is -0.489 e. The number of halogens is 1. The fourth-order valence-corrected chi connectivity index (χ4v) is 4.48. The highest BCUT2D eigenvalue weighted by Crippen LogP contribution is 2.27. The Morgan fingerprint density at radius 1 is 1.03 bits per heavy atom. The maximum Gasteiger partial charge on any atom is 0.161 e. The molecule has 2 heterocycles. The summed E-state index contributed by atoms with van der Waals surface area (Å²) in [5, 5.41) is 1.75. The first-order chi connectivity index (χ1) is 14.6. The molecule has 1 aliphatic heterocycles. The Morgan fingerprint density at radius 3 is 2.50 bits per heavy atom. The first-order valence-corrected chi connectivity index (χ1v) is 11.2. The standard InChI is InChI=1S/C25H29ClN2O2/c1-19(29)22-18-28(24-10-4-2-8-21(22)24)15-7-6-14-27-16-12-20(13-17-27)30-25-11-5-3-9-23(25)26/h2-5,8-11,18,20H,6-7,12-17H2,1H3. The van der Waals surface area contributed by atoms with Gasteiger partial charge in [-0.3, -0.25) is 4.79 Å². The van der Waals surface area contributed by atoms with E-state index in [0.29, 0.717) is 5.02 Å². The van der Waals surface area contributed by atoms with Crippen LogP contribution in [0.3, 0.4) is 0 Å². The van der Waals surface area contributed by atoms with Crippen LogP contribution in [0.25, 0.3) is 10.9 Å². The lowest BCUT2D eigenvalue weighted by molar-refractivity contribution is 0.0994. The van der Waals surface area contributed by atoms with Crippen molar-refractivity contribution >= 4 is 28.3 Å². The SMILES string of the molecule is CC(=O)c1cn(CCCCN2CCC(Oc3ccccc3Cl)CC2)c2ccccc12. The van der Waals surface area contributed by atoms with Gasteiger partial charge in [0.15, 0.2) is 5.78 Å². The highest BCUT2D eigenvalue weighted by atomic mass is 35.5. The van der Waals surface area contributed by atoms with E-state index in [1.807, 2.05) is 48.7 Å². The van der Waals surface area contributed by atoms with Crippen LogP contribution in [0.4, 0.5) is 0 Å². The van der Waals surface area contributed by atoms with Gasteiger partial charge in [0.2, 0.25) is 0 Å². The summed E-state index contributed by atoms with van der Waals surface area (Å²) in [6.07, 6.45) is 6.59. The van der Waals surface area contributed by atoms with E-state index in [9.17, 15) is 4.79 Å². The summed E-state index contributed by atoms with van der Waals surface area (Å²) in [7, 11) is 0. The number of rotatable bonds is 8. The number of ketones is 1. The molecule has 0 unspecified atom stereocenters. The Hall–Kier alpha value is -2.30. The van der Waals surface area contributed by atoms with Gasteiger partial charge in [0.05, 0.1) is 5.02 Å². The Morgan fingerprint density at radius 2 is 1.73 bits per heavy atom. The second-order valence-corrected chi connectivity index (χ2v) is 8.51. The van der Waals surface area contributed by atoms with Gasteiger partial charge in [-0.1, -0.05) is 41.9 Å². The van der Waals surface area contributed by atoms with Crippen LogP contribution in [0, 0.1) is 0 Å². The molecule has 0 bridgehead atoms. The van der Waals surface area contributed by atoms with E-state index in [1.165, 1.54) is 0 Å². The second-order valence-electron chi connectivity index (χ2n) is 8.11. The number of carbonyl (C=O) groups is 1. The van der Waals surface area contributed by atoms with Crippen molar-refractivity contribution in [2.45, 2.75) is 45.3 Å². The van der Waals surface area contributed by atoms with E-state index in [-0.39, 0.29) is 11.9 Å². The molecule has 4 rings (SSSR count). The average molecular weight is 425 g/mol. The minimum absolute atomic E-state index is 0.131. The molecule has 0 spiro atoms. The lowest BCUT2D eigenvalue weighted by Gasteiger charge is -2.32. The maximum atomic E-state index is 11.9. The molecule has 4 nitrogen and oxygen atoms in total. The molecule has 5 heteroatoms. The Bertz CT molecular complexity index is 1010. The number of aromatic nitrogens is 1. The third kappa shape index (κ3) is 4.88. The molecule has 1 fully saturated rings. The number of likely N-dealkylation sites (tertiary alicyclic amines) is 1. The number of hydrogen-bond donors (Lipinski definition) is 0. The number of aryl methyl sites for hydroxylation is 1. The highest BCUT2D eigenvalue weighted by Gasteiger charge is 2.21. The van der Waals surface area contributed by atoms with Crippen molar-refractivity contribution in [3.63, 3.8) is 0 Å². The molecule has 0 N–H and O–H groups in total. The summed E-state index contributed by atoms with van der Waals surface area (Å²) in [5.41, 5.74) is 1.98. The van der Waals surface area contributed by atoms with Crippen LogP contribution in [0.1, 0.15) is 43.0 Å². The molecular formula is C25H29ClN2O2. The lowest BCUT2D eigenvalue weighted by atomic mass is 10.1. The third-order valence-corrected chi connectivity index (χ3v) is 6.27. The van der Waals surface area contributed by atoms with Gasteiger partial charge in [0.1, 0.15) is 11.9 Å². The maximum absolute atomic E-state index is 11.9. The van der Waals surface area contributed by atoms with Gasteiger partial charge in [-0.2, -0.15) is 0 Å². The van der Waals surface area contributed by atoms with E-state index in [0.717, 1.165) is 74.1 Å². The van der Waals surface area contributed by atoms with Crippen LogP contribution in [0.15, 0.2) is 54.7 Å². The van der Waals surface area contributed by atoms with Crippen molar-refractivity contribution < 1.29 is 9.53 Å². The van der Waals surface area contributed by atoms with Crippen molar-refractivity contribution in [1.29, 1.82) is 0 Å². The summed E-state index contributed by atoms with van der Waals surface area (Å²) in [6, 6.07) is 15.9. The fraction of sp³-hybridized carbons (Fsp3) is 0.400. The smallest absolute Gasteiger partial charge is 0.161 e. The summed E-state index contributed by atoms with van der Waals surface area (Å²) >= 11 is 6.21. The molecule has 0 amide bonds. The molecule has 0 atom stereocenters. The van der Waals surface area contributed by atoms with Gasteiger partial charge in [0.25, 0.3) is 0 Å². The van der Waals surface area contributed by atoms with Crippen LogP contribution in [0.5, 0.6) is 5.75 Å². The molecule has 158 valence electrons. The number of unbranched alkanes of at least 4 members (excludes halogenated alkanes) is 1. The van der Waals surface area contributed by atoms with Gasteiger partial charge in [-0.25, -0.2) is 0 Å². The van der Waals surface area contributed by atoms with Crippen molar-refractivity contribution in [2.24, 2.45) is 0 Å². The first kappa shape index (κ1) is 21.0. The van der Waals surface area contributed by atoms with Gasteiger partial charge < -0.3 is 14.2 Å². The monoisotopic (exact) mass is 424 g/mol. The average Bonchev–Trinajstić information content (AvgIpc) is 3.13. The number of carbonyl (C=O) groups excluding carboxylic acids is 1. The summed E-state index contributed by atoms with van der Waals surface area (Å²) in [4.78, 5) is 14.5. The zero-order valence-corrected chi connectivity index (χ0v) is 18.3. The number of fused-ring (bicyclic) bond motifs is 1. The first-order valence-electron chi connectivity index (χ1n) is 10.8. The number of ether oxygens (including phenoxy) is 1. The predicted molar refractivity (Wildman–Crippen MR) is 123 cm³/mol. The van der Waals surface area contributed by atoms with E-state index >= 15 is 0 Å². The molecule has 3 aromatic rings. The molecule has 0 saturated carbocycles. The molecular weight excluding hydrogens is 396 g/mol. The number of Topliss-reactive ketones (excluding diaryl/α,β-unsaturated/α-hetero) is 1. The Kier molecular flexibility index (Phi) is 6.76. The Balaban J connectivity index is 1.22. The van der Waals surface area contributed by atoms with Gasteiger partial charge in [-0.15, -0.1) is 0 Å².